The van der Waals surface area contributed by atoms with Crippen molar-refractivity contribution in [3.05, 3.63) is 60.7 Å². The zero-order chi connectivity index (χ0) is 53.9. The number of nitrogens with zero attached hydrogens (tertiary/aromatic N) is 1. The molecule has 410 valence electrons. The molecule has 75 heavy (non-hydrogen) atoms. The van der Waals surface area contributed by atoms with Crippen LogP contribution in [0.4, 0.5) is 10.7 Å². The number of imidazole rings is 1. The molecule has 8 rings (SSSR count). The minimum absolute atomic E-state index is 0. The maximum atomic E-state index is 14.4. The number of aromatic nitrogens is 2. The van der Waals surface area contributed by atoms with E-state index in [2.05, 4.69) is 52.9 Å². The molecular formula is C57H82N3NaO13S. The van der Waals surface area contributed by atoms with E-state index in [0.717, 1.165) is 22.3 Å². The first-order valence-corrected chi connectivity index (χ1v) is 27.9. The van der Waals surface area contributed by atoms with Gasteiger partial charge in [-0.15, -0.1) is 0 Å². The summed E-state index contributed by atoms with van der Waals surface area (Å²) in [6, 6.07) is 16.1. The molecule has 5 N–H and O–H groups in total. The first kappa shape index (κ1) is 61.3. The zero-order valence-electron chi connectivity index (χ0n) is 46.2. The summed E-state index contributed by atoms with van der Waals surface area (Å²) in [5, 5.41) is 48.5. The largest absolute Gasteiger partial charge is 1.00 e. The van der Waals surface area contributed by atoms with Gasteiger partial charge in [-0.2, -0.15) is 0 Å². The Balaban J connectivity index is 0.000000345. The fraction of sp³-hybridized carbons (Fsp3) is 0.684. The molecular weight excluding hydrogens is 990 g/mol. The van der Waals surface area contributed by atoms with Gasteiger partial charge < -0.3 is 58.6 Å². The number of carboxylic acid groups (broad SMARTS) is 1. The van der Waals surface area contributed by atoms with Gasteiger partial charge in [0.25, 0.3) is 0 Å². The molecule has 3 aromatic rings. The topological polar surface area (TPSA) is 231 Å². The van der Waals surface area contributed by atoms with E-state index in [1.807, 2.05) is 77.9 Å². The Morgan fingerprint density at radius 2 is 1.63 bits per heavy atom. The molecule has 5 aliphatic rings. The van der Waals surface area contributed by atoms with Gasteiger partial charge in [0.05, 0.1) is 66.0 Å². The average molecular weight is 1070 g/mol. The normalized spacial score (nSPS) is 35.6. The van der Waals surface area contributed by atoms with Crippen LogP contribution in [0.1, 0.15) is 133 Å². The standard InChI is InChI=1S/C42H70O11.C15H13N3O2S.Na/c1-11-29(38(46)47)31-15-14-23(4)36(50-31)27(8)34(44)26(7)35(45)30(12-2)37-24(5)22-25(6)41(51-37)19-16-32(43)42(53-41)21-20-39(10,52-42)33-17-18-40(48,13-3)28(9)49-33;1-20-15(19)18-14-16-12-8-7-11(9-13(12)17-14)21-10-5-3-2-4-6-10;/h16,19,23-34,36-37,43-44,48H,11-15,17-18,20-22H2,1-10H3,(H,46,47);2-9H,1H3,(H2,16,17,18,19);/q;;+1/p-1. The van der Waals surface area contributed by atoms with Crippen LogP contribution in [-0.2, 0) is 38.0 Å². The van der Waals surface area contributed by atoms with E-state index in [9.17, 15) is 34.8 Å². The molecule has 4 saturated heterocycles. The predicted molar refractivity (Wildman–Crippen MR) is 279 cm³/mol. The number of carbonyl (C=O) groups is 3. The second kappa shape index (κ2) is 25.5. The summed E-state index contributed by atoms with van der Waals surface area (Å²) in [7, 11) is 1.31. The minimum Gasteiger partial charge on any atom is -0.550 e. The number of hydrogen-bond donors (Lipinski definition) is 5. The van der Waals surface area contributed by atoms with Crippen molar-refractivity contribution in [3.63, 3.8) is 0 Å². The molecule has 6 heterocycles. The summed E-state index contributed by atoms with van der Waals surface area (Å²) in [6.45, 7) is 19.5. The minimum atomic E-state index is -1.37. The summed E-state index contributed by atoms with van der Waals surface area (Å²) in [6.07, 6.45) is 4.67. The number of Topliss-reactive ketones (excluding diaryl/α,β-unsaturated/α-hetero) is 1. The Hall–Kier alpha value is -2.91. The number of aliphatic hydroxyl groups excluding tert-OH is 2. The van der Waals surface area contributed by atoms with E-state index < -0.39 is 89.0 Å². The number of aliphatic carboxylic acids is 1. The average Bonchev–Trinajstić information content (AvgIpc) is 3.95. The fourth-order valence-electron chi connectivity index (χ4n) is 12.4. The Morgan fingerprint density at radius 3 is 2.27 bits per heavy atom. The smallest absolute Gasteiger partial charge is 0.550 e. The van der Waals surface area contributed by atoms with Crippen molar-refractivity contribution in [2.75, 3.05) is 12.4 Å². The molecule has 16 nitrogen and oxygen atoms in total. The molecule has 0 saturated carbocycles. The van der Waals surface area contributed by atoms with Crippen LogP contribution in [0.25, 0.3) is 11.0 Å². The van der Waals surface area contributed by atoms with Crippen LogP contribution in [0.2, 0.25) is 0 Å². The molecule has 18 unspecified atom stereocenters. The molecule has 18 heteroatoms. The number of ketones is 1. The van der Waals surface area contributed by atoms with E-state index in [-0.39, 0.29) is 65.3 Å². The van der Waals surface area contributed by atoms with Crippen LogP contribution >= 0.6 is 11.8 Å². The fourth-order valence-corrected chi connectivity index (χ4v) is 13.2. The van der Waals surface area contributed by atoms with Crippen molar-refractivity contribution >= 4 is 46.6 Å². The Bertz CT molecular complexity index is 2430. The van der Waals surface area contributed by atoms with Gasteiger partial charge in [-0.3, -0.25) is 10.1 Å². The second-order valence-electron chi connectivity index (χ2n) is 22.2. The van der Waals surface area contributed by atoms with E-state index in [0.29, 0.717) is 63.7 Å². The number of anilines is 1. The molecule has 1 aromatic heterocycles. The van der Waals surface area contributed by atoms with E-state index >= 15 is 0 Å². The summed E-state index contributed by atoms with van der Waals surface area (Å²) < 4.78 is 38.0. The number of H-pyrrole nitrogens is 1. The van der Waals surface area contributed by atoms with Gasteiger partial charge in [-0.05, 0) is 126 Å². The van der Waals surface area contributed by atoms with Crippen molar-refractivity contribution in [3.8, 4) is 0 Å². The number of aliphatic hydroxyl groups is 3. The number of carbonyl (C=O) groups excluding carboxylic acids is 3. The van der Waals surface area contributed by atoms with Crippen molar-refractivity contribution in [1.82, 2.24) is 9.97 Å². The van der Waals surface area contributed by atoms with Crippen molar-refractivity contribution in [2.45, 2.75) is 209 Å². The molecule has 1 amide bonds. The summed E-state index contributed by atoms with van der Waals surface area (Å²) in [5.74, 6) is -5.86. The van der Waals surface area contributed by atoms with Gasteiger partial charge in [0.15, 0.2) is 5.79 Å². The summed E-state index contributed by atoms with van der Waals surface area (Å²) in [4.78, 5) is 47.0. The number of rotatable bonds is 15. The van der Waals surface area contributed by atoms with Crippen LogP contribution < -0.4 is 40.0 Å². The van der Waals surface area contributed by atoms with Gasteiger partial charge in [-0.25, -0.2) is 9.78 Å². The third kappa shape index (κ3) is 13.2. The van der Waals surface area contributed by atoms with E-state index in [1.165, 1.54) is 12.0 Å². The van der Waals surface area contributed by atoms with Crippen molar-refractivity contribution < 1.29 is 92.8 Å². The Labute approximate surface area is 469 Å². The van der Waals surface area contributed by atoms with Gasteiger partial charge in [0, 0.05) is 51.8 Å². The first-order chi connectivity index (χ1) is 35.0. The Morgan fingerprint density at radius 1 is 0.920 bits per heavy atom. The van der Waals surface area contributed by atoms with Crippen LogP contribution in [-0.4, -0.2) is 116 Å². The molecule has 5 aliphatic heterocycles. The summed E-state index contributed by atoms with van der Waals surface area (Å²) >= 11 is 1.67. The SMILES string of the molecule is CCC(C(=O)[O-])C1CCC(C)C(C(C)C(O)C(C)C(=O)C(CC)C2OC3(C=CC(O)C4(CCC(C)(C5CCC(O)(CC)C(C)O5)O4)O3)C(C)CC2C)O1.COC(=O)Nc1nc2ccc(Sc3ccccc3)cc2[nH]1.[Na+]. The maximum Gasteiger partial charge on any atom is 1.00 e. The van der Waals surface area contributed by atoms with E-state index in [1.54, 1.807) is 30.8 Å². The Kier molecular flexibility index (Phi) is 20.8. The first-order valence-electron chi connectivity index (χ1n) is 27.0. The van der Waals surface area contributed by atoms with Crippen molar-refractivity contribution in [1.29, 1.82) is 0 Å². The number of aromatic amines is 1. The van der Waals surface area contributed by atoms with Crippen LogP contribution in [0.5, 0.6) is 0 Å². The number of carboxylic acids is 1. The number of hydrogen-bond acceptors (Lipinski definition) is 15. The van der Waals surface area contributed by atoms with Gasteiger partial charge in [0.1, 0.15) is 11.9 Å². The maximum absolute atomic E-state index is 14.4. The van der Waals surface area contributed by atoms with Crippen LogP contribution in [0, 0.1) is 41.4 Å². The number of fused-ring (bicyclic) bond motifs is 1. The molecule has 0 aliphatic carbocycles. The van der Waals surface area contributed by atoms with Crippen molar-refractivity contribution in [2.24, 2.45) is 41.4 Å². The zero-order valence-corrected chi connectivity index (χ0v) is 49.0. The number of benzene rings is 2. The van der Waals surface area contributed by atoms with Gasteiger partial charge >= 0.3 is 35.7 Å². The molecule has 0 bridgehead atoms. The molecule has 4 fully saturated rings. The molecule has 2 spiro atoms. The predicted octanol–water partition coefficient (Wildman–Crippen LogP) is 5.75. The quantitative estimate of drug-likeness (QED) is 0.0902. The van der Waals surface area contributed by atoms with Crippen LogP contribution in [0.3, 0.4) is 0 Å². The van der Waals surface area contributed by atoms with Gasteiger partial charge in [-0.1, -0.05) is 85.4 Å². The van der Waals surface area contributed by atoms with E-state index in [4.69, 9.17) is 23.7 Å². The molecule has 18 atom stereocenters. The number of nitrogens with one attached hydrogen (secondary N) is 2. The monoisotopic (exact) mass is 1070 g/mol. The van der Waals surface area contributed by atoms with Gasteiger partial charge in [0.2, 0.25) is 11.7 Å². The number of methoxy groups -OCH3 is 1. The molecule has 2 aromatic carbocycles. The third-order valence-electron chi connectivity index (χ3n) is 17.3. The molecule has 0 radical (unpaired) electrons. The second-order valence-corrected chi connectivity index (χ2v) is 23.3. The number of amides is 1. The number of ether oxygens (including phenoxy) is 6. The van der Waals surface area contributed by atoms with Crippen LogP contribution in [0.15, 0.2) is 70.5 Å². The summed E-state index contributed by atoms with van der Waals surface area (Å²) in [5.41, 5.74) is 0.0179. The third-order valence-corrected chi connectivity index (χ3v) is 18.3.